The number of fused-ring (bicyclic) bond motifs is 3. The zero-order valence-electron chi connectivity index (χ0n) is 70.6. The molecule has 0 radical (unpaired) electrons. The van der Waals surface area contributed by atoms with E-state index in [4.69, 9.17) is 45.1 Å². The lowest BCUT2D eigenvalue weighted by Crippen LogP contribution is -2.54. The number of halogens is 2. The third-order valence-electron chi connectivity index (χ3n) is 20.0. The number of rotatable bonds is 45. The summed E-state index contributed by atoms with van der Waals surface area (Å²) in [5.41, 5.74) is 16.3. The molecule has 17 N–H and O–H groups in total. The molecule has 0 aliphatic heterocycles. The van der Waals surface area contributed by atoms with Crippen LogP contribution < -0.4 is 86.5 Å². The Balaban J connectivity index is 0.702. The second kappa shape index (κ2) is 44.7. The van der Waals surface area contributed by atoms with Crippen LogP contribution in [-0.4, -0.2) is 281 Å². The maximum Gasteiger partial charge on any atom is 0.349 e. The Bertz CT molecular complexity index is 6430. The van der Waals surface area contributed by atoms with Crippen LogP contribution in [0.5, 0.6) is 5.75 Å². The summed E-state index contributed by atoms with van der Waals surface area (Å²) in [6, 6.07) is 10.8. The minimum Gasteiger partial charge on any atom is -0.488 e. The van der Waals surface area contributed by atoms with E-state index in [2.05, 4.69) is 92.1 Å². The molecule has 9 heterocycles. The van der Waals surface area contributed by atoms with E-state index in [0.717, 1.165) is 58.3 Å². The van der Waals surface area contributed by atoms with E-state index in [9.17, 15) is 86.9 Å². The standard InChI is InChI=1S/C79H91Cl2N31O19/c1-44-26-109(79(130)100-74(44)126)35-64(121)105(22-15-86-60(117)31-107(27-51(38-113)92-46(3)115)66(123)34-106-20-13-58(82)96-78(106)129)33-63(120)93-52(39-114)28-108(67(124)37-111-43-91-69-73(111)98-77(84)99-76(69)128)32-61(118)85-14-21-104(65(122)36-110-42-90-68-45(2)88-41-89-72(68)110)30-62(119)87-25-56(70(83)125)94-59(116)10-7-50-29-112(102-101-50)17-4-16-103-18-11-47(12-19-103)40-131-57-9-6-49(81)24-54(57)71-95-55-8-5-48(80)23-53(55)75(127)97-71/h5-6,8-9,11-13,18-20,23-24,26,29,41-43,51-52,56,113-114H,4,7,10,14-17,21-22,25,27-28,30-40H2,1-3H3,(H14-,82,83,84,85,86,87,92,93,94,95,96,97,98,99,100,115,116,117,118,119,120,125,126,127,128,129,130)/p+1/t51-,52-,56+/m0/s1. The molecule has 3 atom stereocenters. The summed E-state index contributed by atoms with van der Waals surface area (Å²) in [7, 11) is 0. The van der Waals surface area contributed by atoms with Crippen LogP contribution in [0.15, 0.2) is 129 Å². The molecule has 50 nitrogen and oxygen atoms in total. The van der Waals surface area contributed by atoms with Gasteiger partial charge in [0.05, 0.1) is 92.0 Å². The third-order valence-corrected chi connectivity index (χ3v) is 20.5. The number of nitrogen functional groups attached to an aromatic ring is 2. The number of aryl methyl sites for hydroxylation is 5. The molecule has 2 aromatic carbocycles. The molecule has 0 fully saturated rings. The van der Waals surface area contributed by atoms with Gasteiger partial charge in [-0.05, 0) is 56.3 Å². The van der Waals surface area contributed by atoms with E-state index in [1.54, 1.807) is 48.1 Å². The number of nitrogens with zero attached hydrogens (tertiary/aromatic N) is 19. The molecule has 0 aliphatic rings. The van der Waals surface area contributed by atoms with Gasteiger partial charge in [-0.2, -0.15) is 9.97 Å². The maximum absolute atomic E-state index is 14.6. The predicted octanol–water partition coefficient (Wildman–Crippen LogP) is -6.45. The normalized spacial score (nSPS) is 11.9. The Hall–Kier alpha value is -15.6. The number of nitrogens with one attached hydrogen (secondary N) is 9. The molecule has 0 aliphatic carbocycles. The van der Waals surface area contributed by atoms with Crippen molar-refractivity contribution in [2.75, 3.05) is 96.7 Å². The van der Waals surface area contributed by atoms with Gasteiger partial charge in [0.25, 0.3) is 16.7 Å². The van der Waals surface area contributed by atoms with Crippen molar-refractivity contribution in [2.24, 2.45) is 5.73 Å². The topological polar surface area (TPSA) is 678 Å². The number of aliphatic hydroxyl groups excluding tert-OH is 2. The molecule has 0 spiro atoms. The van der Waals surface area contributed by atoms with E-state index in [-0.39, 0.29) is 65.0 Å². The lowest BCUT2D eigenvalue weighted by molar-refractivity contribution is -0.697. The van der Waals surface area contributed by atoms with Gasteiger partial charge in [0.1, 0.15) is 74.6 Å². The zero-order valence-corrected chi connectivity index (χ0v) is 72.1. The van der Waals surface area contributed by atoms with Gasteiger partial charge >= 0.3 is 11.4 Å². The molecule has 131 heavy (non-hydrogen) atoms. The molecule has 52 heteroatoms. The summed E-state index contributed by atoms with van der Waals surface area (Å²) >= 11 is 12.5. The Kier molecular flexibility index (Phi) is 32.8. The predicted molar refractivity (Wildman–Crippen MR) is 464 cm³/mol. The number of hydrogen-bond donors (Lipinski definition) is 14. The maximum atomic E-state index is 14.6. The van der Waals surface area contributed by atoms with Crippen molar-refractivity contribution < 1.29 is 72.3 Å². The average Bonchev–Trinajstić information content (AvgIpc) is 1.33. The molecule has 0 saturated carbocycles. The molecule has 690 valence electrons. The summed E-state index contributed by atoms with van der Waals surface area (Å²) < 4.78 is 14.0. The minimum atomic E-state index is -1.49. The van der Waals surface area contributed by atoms with Gasteiger partial charge in [-0.1, -0.05) is 28.4 Å². The van der Waals surface area contributed by atoms with E-state index < -0.39 is 217 Å². The van der Waals surface area contributed by atoms with Crippen molar-refractivity contribution in [3.05, 3.63) is 189 Å². The quantitative estimate of drug-likeness (QED) is 0.0158. The van der Waals surface area contributed by atoms with Gasteiger partial charge in [-0.15, -0.1) is 5.10 Å². The van der Waals surface area contributed by atoms with Crippen molar-refractivity contribution in [3.8, 4) is 17.1 Å². The van der Waals surface area contributed by atoms with Crippen molar-refractivity contribution in [1.29, 1.82) is 0 Å². The van der Waals surface area contributed by atoms with E-state index >= 15 is 0 Å². The second-order valence-electron chi connectivity index (χ2n) is 30.0. The van der Waals surface area contributed by atoms with Crippen LogP contribution in [0.4, 0.5) is 11.8 Å². The van der Waals surface area contributed by atoms with Gasteiger partial charge in [-0.25, -0.2) is 39.1 Å². The smallest absolute Gasteiger partial charge is 0.349 e. The first kappa shape index (κ1) is 96.0. The van der Waals surface area contributed by atoms with Crippen LogP contribution in [0.2, 0.25) is 10.0 Å². The first-order valence-corrected chi connectivity index (χ1v) is 41.1. The number of ether oxygens (including phenoxy) is 1. The molecule has 11 rings (SSSR count). The van der Waals surface area contributed by atoms with Crippen LogP contribution >= 0.6 is 23.2 Å². The molecule has 0 saturated heterocycles. The van der Waals surface area contributed by atoms with E-state index in [1.165, 1.54) is 42.5 Å². The number of anilines is 2. The molecule has 0 unspecified atom stereocenters. The summed E-state index contributed by atoms with van der Waals surface area (Å²) in [5, 5.41) is 45.6. The highest BCUT2D eigenvalue weighted by Crippen LogP contribution is 2.32. The number of imidazole rings is 2. The minimum absolute atomic E-state index is 0.0150. The fraction of sp³-hybridized carbons (Fsp3) is 0.367. The number of aliphatic hydroxyl groups is 2. The Morgan fingerprint density at radius 2 is 1.21 bits per heavy atom. The van der Waals surface area contributed by atoms with Crippen LogP contribution in [0, 0.1) is 13.8 Å². The highest BCUT2D eigenvalue weighted by atomic mass is 35.5. The Morgan fingerprint density at radius 3 is 1.87 bits per heavy atom. The van der Waals surface area contributed by atoms with Gasteiger partial charge in [0.15, 0.2) is 29.2 Å². The molecule has 11 aromatic rings. The number of hydrogen-bond acceptors (Lipinski definition) is 30. The highest BCUT2D eigenvalue weighted by Gasteiger charge is 2.30. The zero-order chi connectivity index (χ0) is 94.3. The van der Waals surface area contributed by atoms with E-state index in [0.29, 0.717) is 68.7 Å². The number of carbonyl (C=O) groups is 11. The number of pyridine rings is 1. The summed E-state index contributed by atoms with van der Waals surface area (Å²) in [5.74, 6) is -9.27. The number of primary amides is 1. The highest BCUT2D eigenvalue weighted by molar-refractivity contribution is 6.31. The SMILES string of the molecule is CC(=O)N[C@H](CO)CN(CC(=O)NCCN(CC(=O)N[C@H](CO)CN(CC(=O)NCCN(CC(=O)NC[C@@H](NC(=O)CCc1cn(CCC[n+]2ccc(COc3ccc(Cl)cc3-c3nc4ccc(Cl)cc4c(=O)[nH]3)cc2)nn1)C(N)=O)C(=O)Cn1cnc2c(C)ncnc21)C(=O)Cn1cnc2c(=O)[nH]c(N)nc21)C(=O)Cn1cc(C)c(=O)[nH]c1=O)C(=O)Cn1ccc(N)nc1=O. The number of H-pyrrole nitrogens is 3. The van der Waals surface area contributed by atoms with Crippen molar-refractivity contribution in [2.45, 2.75) is 104 Å². The van der Waals surface area contributed by atoms with Gasteiger partial charge < -0.3 is 97.8 Å². The molecular weight excluding hydrogens is 1760 g/mol. The number of nitrogens with two attached hydrogens (primary N) is 3. The number of carbonyl (C=O) groups excluding carboxylic acids is 11. The molecule has 11 amide bonds. The van der Waals surface area contributed by atoms with Crippen LogP contribution in [0.3, 0.4) is 0 Å². The lowest BCUT2D eigenvalue weighted by Gasteiger charge is -2.29. The number of benzene rings is 2. The number of aromatic nitrogens is 18. The van der Waals surface area contributed by atoms with Gasteiger partial charge in [-0.3, -0.25) is 90.9 Å². The van der Waals surface area contributed by atoms with Crippen molar-refractivity contribution in [1.82, 2.24) is 135 Å². The first-order chi connectivity index (χ1) is 62.6. The van der Waals surface area contributed by atoms with Gasteiger partial charge in [0, 0.05) is 130 Å². The van der Waals surface area contributed by atoms with Crippen molar-refractivity contribution >= 4 is 133 Å². The molecule has 0 bridgehead atoms. The Morgan fingerprint density at radius 1 is 0.611 bits per heavy atom. The number of amides is 11. The van der Waals surface area contributed by atoms with Crippen molar-refractivity contribution in [3.63, 3.8) is 0 Å². The van der Waals surface area contributed by atoms with Crippen LogP contribution in [-0.2, 0) is 105 Å². The summed E-state index contributed by atoms with van der Waals surface area (Å²) in [4.78, 5) is 255. The average molecular weight is 1850 g/mol. The van der Waals surface area contributed by atoms with E-state index in [1.807, 2.05) is 29.1 Å². The first-order valence-electron chi connectivity index (χ1n) is 40.4. The third kappa shape index (κ3) is 27.0. The molecular formula is C79H92Cl2N31O19+. The van der Waals surface area contributed by atoms with Crippen LogP contribution in [0.25, 0.3) is 44.6 Å². The lowest BCUT2D eigenvalue weighted by atomic mass is 10.1. The molecule has 9 aromatic heterocycles. The second-order valence-corrected chi connectivity index (χ2v) is 30.8. The summed E-state index contributed by atoms with van der Waals surface area (Å²) in [6.45, 7) is -5.78. The fourth-order valence-corrected chi connectivity index (χ4v) is 13.7. The summed E-state index contributed by atoms with van der Waals surface area (Å²) in [6.07, 6.45) is 11.9. The monoisotopic (exact) mass is 1850 g/mol. The Labute approximate surface area is 749 Å². The fourth-order valence-electron chi connectivity index (χ4n) is 13.4. The number of aromatic amines is 3. The van der Waals surface area contributed by atoms with Crippen LogP contribution in [0.1, 0.15) is 42.3 Å². The largest absolute Gasteiger partial charge is 0.488 e. The van der Waals surface area contributed by atoms with Gasteiger partial charge in [0.2, 0.25) is 70.9 Å².